The molecule has 0 N–H and O–H groups in total. The number of carbonyl (C=O) groups excluding carboxylic acids is 1. The maximum absolute atomic E-state index is 13.3. The van der Waals surface area contributed by atoms with Crippen LogP contribution in [-0.2, 0) is 0 Å². The topological polar surface area (TPSA) is 20.3 Å². The second-order valence-electron chi connectivity index (χ2n) is 4.44. The van der Waals surface area contributed by atoms with Gasteiger partial charge < -0.3 is 4.90 Å². The monoisotopic (exact) mass is 339 g/mol. The Morgan fingerprint density at radius 1 is 1.26 bits per heavy atom. The van der Waals surface area contributed by atoms with Gasteiger partial charge in [0.1, 0.15) is 11.6 Å². The number of piperidine rings is 1. The van der Waals surface area contributed by atoms with E-state index in [0.29, 0.717) is 0 Å². The Morgan fingerprint density at radius 2 is 1.84 bits per heavy atom. The van der Waals surface area contributed by atoms with E-state index in [4.69, 9.17) is 0 Å². The number of rotatable bonds is 1. The lowest BCUT2D eigenvalue weighted by Crippen LogP contribution is -2.45. The minimum atomic E-state index is -2.94. The third-order valence-electron chi connectivity index (χ3n) is 2.91. The van der Waals surface area contributed by atoms with Gasteiger partial charge in [0.25, 0.3) is 11.8 Å². The molecule has 0 aromatic heterocycles. The van der Waals surface area contributed by atoms with E-state index >= 15 is 0 Å². The van der Waals surface area contributed by atoms with Gasteiger partial charge in [-0.25, -0.2) is 17.6 Å². The van der Waals surface area contributed by atoms with Gasteiger partial charge in [-0.3, -0.25) is 4.79 Å². The molecule has 1 heterocycles. The number of hydrogen-bond acceptors (Lipinski definition) is 1. The zero-order valence-electron chi connectivity index (χ0n) is 9.73. The molecule has 0 atom stereocenters. The van der Waals surface area contributed by atoms with Crippen molar-refractivity contribution in [3.63, 3.8) is 0 Å². The number of halogens is 5. The second kappa shape index (κ2) is 5.11. The van der Waals surface area contributed by atoms with Crippen LogP contribution in [0.5, 0.6) is 0 Å². The molecule has 2 rings (SSSR count). The summed E-state index contributed by atoms with van der Waals surface area (Å²) >= 11 is 2.68. The molecule has 0 aliphatic carbocycles. The Morgan fingerprint density at radius 3 is 2.37 bits per heavy atom. The van der Waals surface area contributed by atoms with Gasteiger partial charge in [0.05, 0.1) is 11.0 Å². The fourth-order valence-corrected chi connectivity index (χ4v) is 2.23. The van der Waals surface area contributed by atoms with Crippen LogP contribution in [-0.4, -0.2) is 29.8 Å². The zero-order chi connectivity index (χ0) is 14.2. The number of nitrogens with zero attached hydrogens (tertiary/aromatic N) is 1. The molecule has 0 bridgehead atoms. The van der Waals surface area contributed by atoms with E-state index in [1.165, 1.54) is 0 Å². The molecule has 104 valence electrons. The fourth-order valence-electron chi connectivity index (χ4n) is 2.00. The summed E-state index contributed by atoms with van der Waals surface area (Å²) in [4.78, 5) is 12.9. The van der Waals surface area contributed by atoms with Crippen LogP contribution in [0.25, 0.3) is 0 Å². The maximum Gasteiger partial charge on any atom is 0.265 e. The average Bonchev–Trinajstić information content (AvgIpc) is 2.33. The molecule has 19 heavy (non-hydrogen) atoms. The minimum Gasteiger partial charge on any atom is -0.333 e. The first-order valence-electron chi connectivity index (χ1n) is 5.62. The summed E-state index contributed by atoms with van der Waals surface area (Å²) in [5.41, 5.74) is -0.268. The summed E-state index contributed by atoms with van der Waals surface area (Å²) in [7, 11) is 0. The summed E-state index contributed by atoms with van der Waals surface area (Å²) in [6.07, 6.45) is -0.111. The van der Waals surface area contributed by atoms with Crippen molar-refractivity contribution in [2.45, 2.75) is 18.8 Å². The van der Waals surface area contributed by atoms with Crippen molar-refractivity contribution in [2.75, 3.05) is 13.1 Å². The molecular weight excluding hydrogens is 330 g/mol. The molecule has 1 saturated heterocycles. The molecular formula is C12H10BrF4NO. The number of alkyl halides is 2. The van der Waals surface area contributed by atoms with E-state index in [1.807, 2.05) is 0 Å². The number of carbonyl (C=O) groups is 1. The van der Waals surface area contributed by atoms with Crippen molar-refractivity contribution in [3.8, 4) is 0 Å². The number of hydrogen-bond donors (Lipinski definition) is 0. The van der Waals surface area contributed by atoms with Crippen molar-refractivity contribution in [3.05, 3.63) is 33.8 Å². The number of benzene rings is 1. The fraction of sp³-hybridized carbons (Fsp3) is 0.417. The first-order valence-corrected chi connectivity index (χ1v) is 6.41. The van der Waals surface area contributed by atoms with Crippen LogP contribution in [0.1, 0.15) is 23.2 Å². The highest BCUT2D eigenvalue weighted by atomic mass is 79.9. The molecule has 1 aliphatic rings. The summed E-state index contributed by atoms with van der Waals surface area (Å²) in [5, 5.41) is 0. The van der Waals surface area contributed by atoms with Gasteiger partial charge in [-0.05, 0) is 34.5 Å². The first kappa shape index (κ1) is 14.3. The quantitative estimate of drug-likeness (QED) is 0.565. The molecule has 1 aliphatic heterocycles. The summed E-state index contributed by atoms with van der Waals surface area (Å²) in [6, 6.07) is 1.67. The zero-order valence-corrected chi connectivity index (χ0v) is 11.3. The SMILES string of the molecule is O=C(c1cc(F)c(Br)c(F)c1)N1CCCC(F)(F)C1. The van der Waals surface area contributed by atoms with Gasteiger partial charge in [-0.2, -0.15) is 0 Å². The highest BCUT2D eigenvalue weighted by molar-refractivity contribution is 9.10. The molecule has 2 nitrogen and oxygen atoms in total. The van der Waals surface area contributed by atoms with Crippen LogP contribution >= 0.6 is 15.9 Å². The predicted octanol–water partition coefficient (Wildman–Crippen LogP) is 3.60. The first-order chi connectivity index (χ1) is 8.80. The normalized spacial score (nSPS) is 18.5. The van der Waals surface area contributed by atoms with Crippen molar-refractivity contribution >= 4 is 21.8 Å². The predicted molar refractivity (Wildman–Crippen MR) is 64.1 cm³/mol. The number of amides is 1. The van der Waals surface area contributed by atoms with Crippen LogP contribution < -0.4 is 0 Å². The van der Waals surface area contributed by atoms with Crippen molar-refractivity contribution in [1.29, 1.82) is 0 Å². The van der Waals surface area contributed by atoms with Crippen molar-refractivity contribution < 1.29 is 22.4 Å². The minimum absolute atomic E-state index is 0.160. The van der Waals surface area contributed by atoms with Gasteiger partial charge in [-0.1, -0.05) is 0 Å². The molecule has 0 radical (unpaired) electrons. The van der Waals surface area contributed by atoms with Crippen LogP contribution in [0.15, 0.2) is 16.6 Å². The third-order valence-corrected chi connectivity index (χ3v) is 3.67. The van der Waals surface area contributed by atoms with Gasteiger partial charge in [0.15, 0.2) is 0 Å². The Kier molecular flexibility index (Phi) is 3.85. The Labute approximate surface area is 115 Å². The highest BCUT2D eigenvalue weighted by Crippen LogP contribution is 2.28. The molecule has 1 fully saturated rings. The smallest absolute Gasteiger partial charge is 0.265 e. The summed E-state index contributed by atoms with van der Waals surface area (Å²) < 4.78 is 52.7. The van der Waals surface area contributed by atoms with E-state index in [-0.39, 0.29) is 29.4 Å². The lowest BCUT2D eigenvalue weighted by molar-refractivity contribution is -0.0560. The third kappa shape index (κ3) is 3.08. The van der Waals surface area contributed by atoms with E-state index in [0.717, 1.165) is 17.0 Å². The Balaban J connectivity index is 2.25. The summed E-state index contributed by atoms with van der Waals surface area (Å²) in [5.74, 6) is -5.61. The van der Waals surface area contributed by atoms with Crippen LogP contribution in [0.3, 0.4) is 0 Å². The molecule has 0 saturated carbocycles. The molecule has 7 heteroatoms. The summed E-state index contributed by atoms with van der Waals surface area (Å²) in [6.45, 7) is -0.557. The van der Waals surface area contributed by atoms with E-state index < -0.39 is 30.0 Å². The van der Waals surface area contributed by atoms with E-state index in [1.54, 1.807) is 0 Å². The maximum atomic E-state index is 13.3. The van der Waals surface area contributed by atoms with E-state index in [2.05, 4.69) is 15.9 Å². The molecule has 0 spiro atoms. The van der Waals surface area contributed by atoms with Crippen LogP contribution in [0.2, 0.25) is 0 Å². The average molecular weight is 340 g/mol. The Bertz CT molecular complexity index is 497. The van der Waals surface area contributed by atoms with Crippen molar-refractivity contribution in [1.82, 2.24) is 4.90 Å². The lowest BCUT2D eigenvalue weighted by atomic mass is 10.1. The van der Waals surface area contributed by atoms with Gasteiger partial charge >= 0.3 is 0 Å². The Hall–Kier alpha value is -1.11. The lowest BCUT2D eigenvalue weighted by Gasteiger charge is -2.32. The van der Waals surface area contributed by atoms with E-state index in [9.17, 15) is 22.4 Å². The largest absolute Gasteiger partial charge is 0.333 e. The molecule has 1 amide bonds. The standard InChI is InChI=1S/C12H10BrF4NO/c13-10-8(14)4-7(5-9(10)15)11(19)18-3-1-2-12(16,17)6-18/h4-5H,1-3,6H2. The van der Waals surface area contributed by atoms with Gasteiger partial charge in [-0.15, -0.1) is 0 Å². The van der Waals surface area contributed by atoms with Crippen molar-refractivity contribution in [2.24, 2.45) is 0 Å². The van der Waals surface area contributed by atoms with Gasteiger partial charge in [0, 0.05) is 18.5 Å². The van der Waals surface area contributed by atoms with Crippen LogP contribution in [0.4, 0.5) is 17.6 Å². The molecule has 1 aromatic carbocycles. The second-order valence-corrected chi connectivity index (χ2v) is 5.23. The molecule has 1 aromatic rings. The van der Waals surface area contributed by atoms with Gasteiger partial charge in [0.2, 0.25) is 0 Å². The number of likely N-dealkylation sites (tertiary alicyclic amines) is 1. The highest BCUT2D eigenvalue weighted by Gasteiger charge is 2.37. The van der Waals surface area contributed by atoms with Crippen LogP contribution in [0, 0.1) is 11.6 Å². The molecule has 0 unspecified atom stereocenters.